The Morgan fingerprint density at radius 1 is 0.325 bits per heavy atom. The SMILES string of the molecule is CCCCCCCCCCCCCN1C=CN(CCCCCCCCCCCC)C1CCCCCCCCCC. The Bertz CT molecular complexity index is 516. The van der Waals surface area contributed by atoms with E-state index in [1.165, 1.54) is 206 Å². The Hall–Kier alpha value is -0.660. The second-order valence-corrected chi connectivity index (χ2v) is 13.2. The van der Waals surface area contributed by atoms with E-state index in [9.17, 15) is 0 Å². The summed E-state index contributed by atoms with van der Waals surface area (Å²) in [6, 6.07) is 0. The molecule has 1 unspecified atom stereocenters. The Labute approximate surface area is 254 Å². The van der Waals surface area contributed by atoms with Gasteiger partial charge in [-0.05, 0) is 25.7 Å². The zero-order chi connectivity index (χ0) is 28.8. The fourth-order valence-electron chi connectivity index (χ4n) is 6.54. The average molecular weight is 561 g/mol. The van der Waals surface area contributed by atoms with Gasteiger partial charge in [-0.2, -0.15) is 0 Å². The van der Waals surface area contributed by atoms with Crippen LogP contribution in [0.3, 0.4) is 0 Å². The fourth-order valence-corrected chi connectivity index (χ4v) is 6.54. The van der Waals surface area contributed by atoms with Gasteiger partial charge < -0.3 is 9.80 Å². The van der Waals surface area contributed by atoms with Gasteiger partial charge in [0.1, 0.15) is 6.17 Å². The van der Waals surface area contributed by atoms with Crippen molar-refractivity contribution < 1.29 is 0 Å². The second kappa shape index (κ2) is 29.8. The highest BCUT2D eigenvalue weighted by Gasteiger charge is 2.24. The van der Waals surface area contributed by atoms with E-state index in [1.807, 2.05) is 0 Å². The fraction of sp³-hybridized carbons (Fsp3) is 0.947. The Morgan fingerprint density at radius 3 is 0.875 bits per heavy atom. The van der Waals surface area contributed by atoms with Crippen LogP contribution in [0.25, 0.3) is 0 Å². The standard InChI is InChI=1S/C38H76N2/c1-4-7-10-13-16-19-21-23-26-29-32-35-40-37-36-39(34-31-28-25-22-20-17-14-11-8-5-2)38(40)33-30-27-24-18-15-12-9-6-3/h36-38H,4-35H2,1-3H3. The van der Waals surface area contributed by atoms with Crippen LogP contribution in [0.4, 0.5) is 0 Å². The van der Waals surface area contributed by atoms with Crippen LogP contribution < -0.4 is 0 Å². The zero-order valence-corrected chi connectivity index (χ0v) is 28.3. The Balaban J connectivity index is 2.23. The number of unbranched alkanes of at least 4 members (excludes halogenated alkanes) is 26. The van der Waals surface area contributed by atoms with E-state index >= 15 is 0 Å². The summed E-state index contributed by atoms with van der Waals surface area (Å²) in [5, 5.41) is 0. The van der Waals surface area contributed by atoms with Crippen LogP contribution in [0.15, 0.2) is 12.4 Å². The van der Waals surface area contributed by atoms with Crippen molar-refractivity contribution in [3.8, 4) is 0 Å². The van der Waals surface area contributed by atoms with Crippen molar-refractivity contribution in [2.24, 2.45) is 0 Å². The maximum atomic E-state index is 2.71. The van der Waals surface area contributed by atoms with Gasteiger partial charge >= 0.3 is 0 Å². The summed E-state index contributed by atoms with van der Waals surface area (Å²) in [5.41, 5.74) is 0. The van der Waals surface area contributed by atoms with E-state index in [0.717, 1.165) is 0 Å². The molecular formula is C38H76N2. The molecule has 0 aromatic rings. The predicted molar refractivity (Wildman–Crippen MR) is 182 cm³/mol. The van der Waals surface area contributed by atoms with Gasteiger partial charge in [0.05, 0.1) is 0 Å². The molecule has 0 saturated carbocycles. The molecule has 2 nitrogen and oxygen atoms in total. The van der Waals surface area contributed by atoms with Crippen LogP contribution in [-0.4, -0.2) is 29.1 Å². The summed E-state index contributed by atoms with van der Waals surface area (Å²) >= 11 is 0. The van der Waals surface area contributed by atoms with Crippen molar-refractivity contribution in [2.75, 3.05) is 13.1 Å². The largest absolute Gasteiger partial charge is 0.356 e. The van der Waals surface area contributed by atoms with Crippen LogP contribution in [0.5, 0.6) is 0 Å². The third-order valence-electron chi connectivity index (χ3n) is 9.32. The van der Waals surface area contributed by atoms with Crippen LogP contribution in [0, 0.1) is 0 Å². The minimum absolute atomic E-state index is 0.641. The molecule has 0 amide bonds. The van der Waals surface area contributed by atoms with Crippen LogP contribution in [-0.2, 0) is 0 Å². The normalized spacial score (nSPS) is 15.1. The lowest BCUT2D eigenvalue weighted by molar-refractivity contribution is 0.135. The Kier molecular flexibility index (Phi) is 27.9. The molecule has 2 heteroatoms. The summed E-state index contributed by atoms with van der Waals surface area (Å²) < 4.78 is 0. The first kappa shape index (κ1) is 37.4. The van der Waals surface area contributed by atoms with E-state index in [2.05, 4.69) is 43.0 Å². The van der Waals surface area contributed by atoms with E-state index in [-0.39, 0.29) is 0 Å². The van der Waals surface area contributed by atoms with E-state index in [4.69, 9.17) is 0 Å². The first-order valence-corrected chi connectivity index (χ1v) is 19.0. The van der Waals surface area contributed by atoms with Gasteiger partial charge in [-0.25, -0.2) is 0 Å². The average Bonchev–Trinajstić information content (AvgIpc) is 3.35. The molecule has 40 heavy (non-hydrogen) atoms. The highest BCUT2D eigenvalue weighted by atomic mass is 15.4. The molecule has 0 aromatic heterocycles. The number of hydrogen-bond acceptors (Lipinski definition) is 2. The van der Waals surface area contributed by atoms with Crippen molar-refractivity contribution in [1.82, 2.24) is 9.80 Å². The lowest BCUT2D eigenvalue weighted by atomic mass is 10.0. The molecule has 0 saturated heterocycles. The van der Waals surface area contributed by atoms with Crippen molar-refractivity contribution in [3.05, 3.63) is 12.4 Å². The molecule has 1 atom stereocenters. The molecule has 1 aliphatic rings. The number of hydrogen-bond donors (Lipinski definition) is 0. The first-order valence-electron chi connectivity index (χ1n) is 19.0. The second-order valence-electron chi connectivity index (χ2n) is 13.2. The van der Waals surface area contributed by atoms with Gasteiger partial charge in [0.2, 0.25) is 0 Å². The molecule has 0 bridgehead atoms. The molecule has 0 aliphatic carbocycles. The third-order valence-corrected chi connectivity index (χ3v) is 9.32. The van der Waals surface area contributed by atoms with Gasteiger partial charge in [0.25, 0.3) is 0 Å². The van der Waals surface area contributed by atoms with E-state index in [1.54, 1.807) is 0 Å². The summed E-state index contributed by atoms with van der Waals surface area (Å²) in [6.45, 7) is 9.48. The topological polar surface area (TPSA) is 6.48 Å². The van der Waals surface area contributed by atoms with Gasteiger partial charge in [0, 0.05) is 25.5 Å². The van der Waals surface area contributed by atoms with Crippen LogP contribution in [0.1, 0.15) is 213 Å². The lowest BCUT2D eigenvalue weighted by Gasteiger charge is -2.33. The molecular weight excluding hydrogens is 484 g/mol. The molecule has 0 N–H and O–H groups in total. The van der Waals surface area contributed by atoms with E-state index < -0.39 is 0 Å². The molecule has 1 aliphatic heterocycles. The summed E-state index contributed by atoms with van der Waals surface area (Å²) in [5.74, 6) is 0. The van der Waals surface area contributed by atoms with Crippen molar-refractivity contribution in [1.29, 1.82) is 0 Å². The maximum Gasteiger partial charge on any atom is 0.101 e. The minimum atomic E-state index is 0.641. The highest BCUT2D eigenvalue weighted by molar-refractivity contribution is 4.97. The van der Waals surface area contributed by atoms with Gasteiger partial charge in [-0.1, -0.05) is 188 Å². The summed E-state index contributed by atoms with van der Waals surface area (Å²) in [4.78, 5) is 5.43. The molecule has 238 valence electrons. The smallest absolute Gasteiger partial charge is 0.101 e. The number of rotatable bonds is 32. The van der Waals surface area contributed by atoms with Gasteiger partial charge in [-0.15, -0.1) is 0 Å². The predicted octanol–water partition coefficient (Wildman–Crippen LogP) is 13.2. The molecule has 1 heterocycles. The van der Waals surface area contributed by atoms with Gasteiger partial charge in [0.15, 0.2) is 0 Å². The lowest BCUT2D eigenvalue weighted by Crippen LogP contribution is -2.39. The molecule has 0 radical (unpaired) electrons. The molecule has 0 fully saturated rings. The van der Waals surface area contributed by atoms with Crippen LogP contribution in [0.2, 0.25) is 0 Å². The quantitative estimate of drug-likeness (QED) is 0.0755. The summed E-state index contributed by atoms with van der Waals surface area (Å²) in [7, 11) is 0. The van der Waals surface area contributed by atoms with Crippen molar-refractivity contribution in [2.45, 2.75) is 220 Å². The Morgan fingerprint density at radius 2 is 0.575 bits per heavy atom. The summed E-state index contributed by atoms with van der Waals surface area (Å²) in [6.07, 6.45) is 48.4. The third kappa shape index (κ3) is 22.0. The van der Waals surface area contributed by atoms with Crippen molar-refractivity contribution >= 4 is 0 Å². The maximum absolute atomic E-state index is 2.71. The number of nitrogens with zero attached hydrogens (tertiary/aromatic N) is 2. The van der Waals surface area contributed by atoms with Crippen molar-refractivity contribution in [3.63, 3.8) is 0 Å². The molecule has 0 aromatic carbocycles. The van der Waals surface area contributed by atoms with E-state index in [0.29, 0.717) is 6.17 Å². The van der Waals surface area contributed by atoms with Crippen LogP contribution >= 0.6 is 0 Å². The zero-order valence-electron chi connectivity index (χ0n) is 28.3. The molecule has 1 rings (SSSR count). The van der Waals surface area contributed by atoms with Gasteiger partial charge in [-0.3, -0.25) is 0 Å². The first-order chi connectivity index (χ1) is 19.8. The highest BCUT2D eigenvalue weighted by Crippen LogP contribution is 2.24. The minimum Gasteiger partial charge on any atom is -0.356 e. The molecule has 0 spiro atoms. The monoisotopic (exact) mass is 561 g/mol.